The van der Waals surface area contributed by atoms with Crippen LogP contribution in [0.2, 0.25) is 0 Å². The van der Waals surface area contributed by atoms with Gasteiger partial charge in [0.15, 0.2) is 11.6 Å². The van der Waals surface area contributed by atoms with Crippen LogP contribution in [0.25, 0.3) is 0 Å². The summed E-state index contributed by atoms with van der Waals surface area (Å²) in [6.45, 7) is 4.51. The topological polar surface area (TPSA) is 43.4 Å². The molecule has 4 rings (SSSR count). The normalized spacial score (nSPS) is 23.4. The molecular formula is C24H21F3O3S. The molecule has 2 aromatic carbocycles. The van der Waals surface area contributed by atoms with E-state index >= 15 is 0 Å². The third kappa shape index (κ3) is 3.74. The van der Waals surface area contributed by atoms with Crippen LogP contribution >= 0.6 is 11.8 Å². The van der Waals surface area contributed by atoms with Crippen molar-refractivity contribution < 1.29 is 27.5 Å². The second kappa shape index (κ2) is 7.64. The highest BCUT2D eigenvalue weighted by Crippen LogP contribution is 2.48. The average molecular weight is 446 g/mol. The number of halogens is 3. The zero-order valence-corrected chi connectivity index (χ0v) is 18.1. The second-order valence-electron chi connectivity index (χ2n) is 8.10. The summed E-state index contributed by atoms with van der Waals surface area (Å²) in [5.41, 5.74) is -1.49. The van der Waals surface area contributed by atoms with E-state index in [9.17, 15) is 22.8 Å². The minimum Gasteiger partial charge on any atom is -0.359 e. The van der Waals surface area contributed by atoms with E-state index in [-0.39, 0.29) is 28.4 Å². The summed E-state index contributed by atoms with van der Waals surface area (Å²) in [7, 11) is 0. The number of carbonyl (C=O) groups is 2. The molecule has 1 saturated heterocycles. The van der Waals surface area contributed by atoms with Crippen molar-refractivity contribution in [2.45, 2.75) is 56.4 Å². The summed E-state index contributed by atoms with van der Waals surface area (Å²) in [6, 6.07) is 11.4. The first-order valence-electron chi connectivity index (χ1n) is 9.95. The summed E-state index contributed by atoms with van der Waals surface area (Å²) in [5.74, 6) is -0.944. The van der Waals surface area contributed by atoms with Crippen molar-refractivity contribution in [1.82, 2.24) is 0 Å². The Balaban J connectivity index is 1.84. The lowest BCUT2D eigenvalue weighted by atomic mass is 9.86. The maximum absolute atomic E-state index is 13.6. The maximum atomic E-state index is 13.6. The number of alkyl halides is 3. The lowest BCUT2D eigenvalue weighted by molar-refractivity contribution is -0.138. The fourth-order valence-electron chi connectivity index (χ4n) is 4.18. The molecule has 0 radical (unpaired) electrons. The lowest BCUT2D eigenvalue weighted by Gasteiger charge is -2.31. The molecule has 2 atom stereocenters. The van der Waals surface area contributed by atoms with Crippen molar-refractivity contribution in [1.29, 1.82) is 0 Å². The number of ether oxygens (including phenoxy) is 1. The Morgan fingerprint density at radius 3 is 2.42 bits per heavy atom. The first-order valence-corrected chi connectivity index (χ1v) is 10.8. The van der Waals surface area contributed by atoms with Gasteiger partial charge < -0.3 is 4.74 Å². The van der Waals surface area contributed by atoms with Gasteiger partial charge in [0.25, 0.3) is 0 Å². The van der Waals surface area contributed by atoms with Crippen LogP contribution in [0.1, 0.15) is 46.8 Å². The van der Waals surface area contributed by atoms with Gasteiger partial charge in [0, 0.05) is 15.4 Å². The van der Waals surface area contributed by atoms with Gasteiger partial charge in [0.2, 0.25) is 0 Å². The second-order valence-corrected chi connectivity index (χ2v) is 9.21. The number of Topliss-reactive ketones (excluding diaryl/α,β-unsaturated/α-hetero) is 2. The van der Waals surface area contributed by atoms with Crippen LogP contribution in [-0.2, 0) is 15.7 Å². The van der Waals surface area contributed by atoms with Crippen LogP contribution in [0.15, 0.2) is 57.8 Å². The largest absolute Gasteiger partial charge is 0.416 e. The first-order chi connectivity index (χ1) is 14.5. The molecule has 0 N–H and O–H groups in total. The molecule has 2 bridgehead atoms. The zero-order chi connectivity index (χ0) is 22.6. The molecule has 0 amide bonds. The van der Waals surface area contributed by atoms with Gasteiger partial charge in [-0.05, 0) is 62.9 Å². The highest BCUT2D eigenvalue weighted by Gasteiger charge is 2.52. The van der Waals surface area contributed by atoms with E-state index in [4.69, 9.17) is 4.74 Å². The van der Waals surface area contributed by atoms with Gasteiger partial charge in [-0.25, -0.2) is 0 Å². The molecule has 3 nitrogen and oxygen atoms in total. The van der Waals surface area contributed by atoms with E-state index in [1.165, 1.54) is 31.7 Å². The van der Waals surface area contributed by atoms with Crippen molar-refractivity contribution in [2.75, 3.05) is 0 Å². The number of hydrogen-bond acceptors (Lipinski definition) is 4. The Bertz CT molecular complexity index is 1110. The van der Waals surface area contributed by atoms with Crippen LogP contribution in [0, 0.1) is 13.8 Å². The van der Waals surface area contributed by atoms with Gasteiger partial charge >= 0.3 is 6.18 Å². The summed E-state index contributed by atoms with van der Waals surface area (Å²) < 4.78 is 45.8. The number of hydrogen-bond donors (Lipinski definition) is 0. The van der Waals surface area contributed by atoms with Crippen LogP contribution in [0.3, 0.4) is 0 Å². The van der Waals surface area contributed by atoms with Gasteiger partial charge in [-0.2, -0.15) is 13.2 Å². The van der Waals surface area contributed by atoms with Gasteiger partial charge in [0.1, 0.15) is 5.60 Å². The van der Waals surface area contributed by atoms with Crippen molar-refractivity contribution in [3.8, 4) is 0 Å². The minimum absolute atomic E-state index is 0.00935. The Kier molecular flexibility index (Phi) is 5.38. The highest BCUT2D eigenvalue weighted by atomic mass is 32.2. The Hall–Kier alpha value is -2.38. The van der Waals surface area contributed by atoms with Gasteiger partial charge in [-0.3, -0.25) is 9.59 Å². The number of fused-ring (bicyclic) bond motifs is 2. The van der Waals surface area contributed by atoms with E-state index in [1.807, 2.05) is 30.3 Å². The zero-order valence-electron chi connectivity index (χ0n) is 17.3. The quantitative estimate of drug-likeness (QED) is 0.422. The fourth-order valence-corrected chi connectivity index (χ4v) is 5.32. The van der Waals surface area contributed by atoms with Gasteiger partial charge in [-0.1, -0.05) is 36.0 Å². The predicted molar refractivity (Wildman–Crippen MR) is 112 cm³/mol. The van der Waals surface area contributed by atoms with Crippen LogP contribution < -0.4 is 0 Å². The molecule has 2 aromatic rings. The molecule has 31 heavy (non-hydrogen) atoms. The SMILES string of the molecule is Cc1c(C(=O)C2=C(Sc3ccccc3)C3CCC(C)(O3)C2=O)ccc(C(F)(F)F)c1C. The molecule has 2 aliphatic heterocycles. The summed E-state index contributed by atoms with van der Waals surface area (Å²) in [5, 5.41) is 0. The molecule has 2 aliphatic rings. The molecule has 2 unspecified atom stereocenters. The molecule has 0 aromatic heterocycles. The predicted octanol–water partition coefficient (Wildman–Crippen LogP) is 6.07. The maximum Gasteiger partial charge on any atom is 0.416 e. The van der Waals surface area contributed by atoms with Crippen molar-refractivity contribution in [3.63, 3.8) is 0 Å². The van der Waals surface area contributed by atoms with Crippen molar-refractivity contribution in [2.24, 2.45) is 0 Å². The summed E-state index contributed by atoms with van der Waals surface area (Å²) >= 11 is 1.31. The van der Waals surface area contributed by atoms with E-state index in [0.717, 1.165) is 11.0 Å². The molecule has 2 heterocycles. The average Bonchev–Trinajstić information content (AvgIpc) is 3.08. The summed E-state index contributed by atoms with van der Waals surface area (Å²) in [4.78, 5) is 28.3. The Labute approximate surface area is 182 Å². The smallest absolute Gasteiger partial charge is 0.359 e. The van der Waals surface area contributed by atoms with E-state index < -0.39 is 28.9 Å². The first kappa shape index (κ1) is 21.8. The standard InChI is InChI=1S/C24H21F3O3S/c1-13-14(2)17(24(25,26)27)10-9-16(13)20(28)19-21(31-15-7-5-4-6-8-15)18-11-12-23(3,30-18)22(19)29/h4-10,18H,11-12H2,1-3H3. The van der Waals surface area contributed by atoms with Gasteiger partial charge in [0.05, 0.1) is 17.2 Å². The third-order valence-corrected chi connectivity index (χ3v) is 7.26. The monoisotopic (exact) mass is 446 g/mol. The Morgan fingerprint density at radius 2 is 1.77 bits per heavy atom. The van der Waals surface area contributed by atoms with E-state index in [0.29, 0.717) is 17.7 Å². The van der Waals surface area contributed by atoms with Crippen molar-refractivity contribution in [3.05, 3.63) is 75.2 Å². The molecule has 1 fully saturated rings. The third-order valence-electron chi connectivity index (χ3n) is 6.07. The lowest BCUT2D eigenvalue weighted by Crippen LogP contribution is -2.43. The molecule has 7 heteroatoms. The highest BCUT2D eigenvalue weighted by molar-refractivity contribution is 8.03. The van der Waals surface area contributed by atoms with Crippen LogP contribution in [0.4, 0.5) is 13.2 Å². The fraction of sp³-hybridized carbons (Fsp3) is 0.333. The summed E-state index contributed by atoms with van der Waals surface area (Å²) in [6.07, 6.45) is -3.79. The van der Waals surface area contributed by atoms with Crippen LogP contribution in [-0.4, -0.2) is 23.3 Å². The molecule has 0 spiro atoms. The Morgan fingerprint density at radius 1 is 1.10 bits per heavy atom. The number of thioether (sulfide) groups is 1. The number of ketones is 2. The molecule has 0 aliphatic carbocycles. The number of carbonyl (C=O) groups excluding carboxylic acids is 2. The van der Waals surface area contributed by atoms with E-state index in [2.05, 4.69) is 0 Å². The molecule has 0 saturated carbocycles. The number of rotatable bonds is 4. The van der Waals surface area contributed by atoms with Crippen LogP contribution in [0.5, 0.6) is 0 Å². The van der Waals surface area contributed by atoms with Gasteiger partial charge in [-0.15, -0.1) is 0 Å². The molecule has 162 valence electrons. The van der Waals surface area contributed by atoms with Crippen molar-refractivity contribution >= 4 is 23.3 Å². The van der Waals surface area contributed by atoms with E-state index in [1.54, 1.807) is 6.92 Å². The molecular weight excluding hydrogens is 425 g/mol. The number of benzene rings is 2. The minimum atomic E-state index is -4.51.